The van der Waals surface area contributed by atoms with Crippen molar-refractivity contribution < 1.29 is 13.6 Å². The Morgan fingerprint density at radius 3 is 2.48 bits per heavy atom. The van der Waals surface area contributed by atoms with Gasteiger partial charge in [-0.3, -0.25) is 9.79 Å². The molecule has 1 N–H and O–H groups in total. The van der Waals surface area contributed by atoms with Crippen LogP contribution in [0.3, 0.4) is 0 Å². The van der Waals surface area contributed by atoms with Gasteiger partial charge in [-0.1, -0.05) is 36.7 Å². The van der Waals surface area contributed by atoms with Crippen LogP contribution in [-0.2, 0) is 4.79 Å². The van der Waals surface area contributed by atoms with Gasteiger partial charge in [0, 0.05) is 0 Å². The van der Waals surface area contributed by atoms with Crippen molar-refractivity contribution in [2.24, 2.45) is 4.99 Å². The number of nitrogens with one attached hydrogen (secondary N) is 1. The van der Waals surface area contributed by atoms with E-state index in [-0.39, 0.29) is 17.8 Å². The molecule has 2 atom stereocenters. The quantitative estimate of drug-likeness (QED) is 0.900. The van der Waals surface area contributed by atoms with Crippen LogP contribution in [0.4, 0.5) is 8.78 Å². The number of rotatable bonds is 3. The molecule has 1 saturated heterocycles. The van der Waals surface area contributed by atoms with E-state index in [1.165, 1.54) is 23.9 Å². The molecule has 1 saturated carbocycles. The fourth-order valence-electron chi connectivity index (χ4n) is 3.24. The summed E-state index contributed by atoms with van der Waals surface area (Å²) in [5.41, 5.74) is -0.629. The maximum absolute atomic E-state index is 15.2. The molecule has 3 rings (SSSR count). The highest BCUT2D eigenvalue weighted by Gasteiger charge is 2.59. The molecule has 2 aliphatic rings. The van der Waals surface area contributed by atoms with Crippen molar-refractivity contribution in [2.75, 3.05) is 0 Å². The fraction of sp³-hybridized carbons (Fsp3) is 0.529. The fourth-order valence-corrected chi connectivity index (χ4v) is 4.51. The molecule has 1 heterocycles. The highest BCUT2D eigenvalue weighted by molar-refractivity contribution is 8.16. The molecule has 1 aromatic rings. The van der Waals surface area contributed by atoms with Crippen molar-refractivity contribution in [3.05, 3.63) is 35.6 Å². The van der Waals surface area contributed by atoms with E-state index in [2.05, 4.69) is 10.3 Å². The van der Waals surface area contributed by atoms with E-state index >= 15 is 4.39 Å². The molecular weight excluding hydrogens is 318 g/mol. The van der Waals surface area contributed by atoms with E-state index in [0.717, 1.165) is 18.4 Å². The van der Waals surface area contributed by atoms with Crippen LogP contribution in [-0.4, -0.2) is 21.5 Å². The van der Waals surface area contributed by atoms with E-state index in [4.69, 9.17) is 0 Å². The van der Waals surface area contributed by atoms with E-state index in [9.17, 15) is 9.18 Å². The van der Waals surface area contributed by atoms with Crippen LogP contribution in [0, 0.1) is 5.82 Å². The van der Waals surface area contributed by atoms with Gasteiger partial charge in [-0.15, -0.1) is 0 Å². The predicted octanol–water partition coefficient (Wildman–Crippen LogP) is 4.15. The molecule has 2 fully saturated rings. The zero-order valence-corrected chi connectivity index (χ0v) is 14.1. The Morgan fingerprint density at radius 2 is 1.87 bits per heavy atom. The van der Waals surface area contributed by atoms with Crippen LogP contribution in [0.1, 0.15) is 51.1 Å². The average Bonchev–Trinajstić information content (AvgIpc) is 3.06. The lowest BCUT2D eigenvalue weighted by Gasteiger charge is -2.33. The summed E-state index contributed by atoms with van der Waals surface area (Å²) in [7, 11) is 0. The number of hydrogen-bond acceptors (Lipinski definition) is 3. The average molecular weight is 338 g/mol. The molecule has 0 spiro atoms. The monoisotopic (exact) mass is 338 g/mol. The standard InChI is InChI=1S/C17H20F2N2OS/c1-11(12-5-7-13(18)8-6-12)20-15-21-14(22)16(2,23-15)17(19)9-3-4-10-17/h5-8,11H,3-4,9-10H2,1-2H3,(H,20,21,22)/t11-,16?/m0/s1. The number of carbonyl (C=O) groups excluding carboxylic acids is 1. The van der Waals surface area contributed by atoms with Crippen LogP contribution >= 0.6 is 11.8 Å². The minimum absolute atomic E-state index is 0.236. The summed E-state index contributed by atoms with van der Waals surface area (Å²) in [6, 6.07) is 5.85. The number of alkyl halides is 1. The second-order valence-corrected chi connectivity index (χ2v) is 7.83. The summed E-state index contributed by atoms with van der Waals surface area (Å²) in [4.78, 5) is 16.8. The number of halogens is 2. The van der Waals surface area contributed by atoms with Gasteiger partial charge >= 0.3 is 0 Å². The molecule has 1 amide bonds. The number of amidine groups is 1. The summed E-state index contributed by atoms with van der Waals surface area (Å²) in [5, 5.41) is 3.16. The molecule has 1 unspecified atom stereocenters. The minimum atomic E-state index is -1.47. The van der Waals surface area contributed by atoms with E-state index < -0.39 is 10.4 Å². The Hall–Kier alpha value is -1.43. The van der Waals surface area contributed by atoms with Crippen LogP contribution < -0.4 is 5.32 Å². The van der Waals surface area contributed by atoms with Crippen LogP contribution in [0.2, 0.25) is 0 Å². The van der Waals surface area contributed by atoms with Crippen molar-refractivity contribution in [3.63, 3.8) is 0 Å². The molecule has 0 bridgehead atoms. The molecule has 23 heavy (non-hydrogen) atoms. The third-order valence-corrected chi connectivity index (χ3v) is 6.23. The van der Waals surface area contributed by atoms with E-state index in [0.29, 0.717) is 18.0 Å². The molecule has 124 valence electrons. The first-order valence-electron chi connectivity index (χ1n) is 7.87. The van der Waals surface area contributed by atoms with Crippen molar-refractivity contribution in [2.45, 2.75) is 56.0 Å². The molecular formula is C17H20F2N2OS. The van der Waals surface area contributed by atoms with Crippen molar-refractivity contribution in [1.82, 2.24) is 5.32 Å². The third-order valence-electron chi connectivity index (χ3n) is 4.87. The number of amides is 1. The number of hydrogen-bond donors (Lipinski definition) is 1. The lowest BCUT2D eigenvalue weighted by Crippen LogP contribution is -2.50. The summed E-state index contributed by atoms with van der Waals surface area (Å²) in [6.45, 7) is 3.53. The van der Waals surface area contributed by atoms with Gasteiger partial charge in [-0.05, 0) is 44.4 Å². The zero-order chi connectivity index (χ0) is 16.7. The summed E-state index contributed by atoms with van der Waals surface area (Å²) >= 11 is 1.18. The van der Waals surface area contributed by atoms with Crippen molar-refractivity contribution >= 4 is 22.8 Å². The Balaban J connectivity index is 1.80. The molecule has 6 heteroatoms. The number of carbonyl (C=O) groups is 1. The SMILES string of the molecule is C[C@H](N=C1NC(=O)C(C)(C2(F)CCCC2)S1)c1ccc(F)cc1. The van der Waals surface area contributed by atoms with E-state index in [1.54, 1.807) is 19.1 Å². The minimum Gasteiger partial charge on any atom is -0.304 e. The van der Waals surface area contributed by atoms with Crippen molar-refractivity contribution in [1.29, 1.82) is 0 Å². The Kier molecular flexibility index (Phi) is 4.21. The Morgan fingerprint density at radius 1 is 1.26 bits per heavy atom. The molecule has 0 aromatic heterocycles. The topological polar surface area (TPSA) is 41.5 Å². The van der Waals surface area contributed by atoms with Crippen molar-refractivity contribution in [3.8, 4) is 0 Å². The predicted molar refractivity (Wildman–Crippen MR) is 88.7 cm³/mol. The first kappa shape index (κ1) is 16.4. The lowest BCUT2D eigenvalue weighted by atomic mass is 9.87. The molecule has 1 aliphatic carbocycles. The highest BCUT2D eigenvalue weighted by Crippen LogP contribution is 2.51. The molecule has 1 aromatic carbocycles. The number of nitrogens with zero attached hydrogens (tertiary/aromatic N) is 1. The first-order chi connectivity index (χ1) is 10.8. The third kappa shape index (κ3) is 2.89. The maximum Gasteiger partial charge on any atom is 0.245 e. The molecule has 0 radical (unpaired) electrons. The first-order valence-corrected chi connectivity index (χ1v) is 8.68. The molecule has 3 nitrogen and oxygen atoms in total. The zero-order valence-electron chi connectivity index (χ0n) is 13.2. The van der Waals surface area contributed by atoms with Crippen LogP contribution in [0.15, 0.2) is 29.3 Å². The second kappa shape index (κ2) is 5.89. The molecule has 1 aliphatic heterocycles. The van der Waals surface area contributed by atoms with Gasteiger partial charge in [0.1, 0.15) is 16.2 Å². The normalized spacial score (nSPS) is 29.7. The van der Waals surface area contributed by atoms with Gasteiger partial charge in [-0.2, -0.15) is 0 Å². The van der Waals surface area contributed by atoms with Gasteiger partial charge in [0.25, 0.3) is 0 Å². The smallest absolute Gasteiger partial charge is 0.245 e. The number of thioether (sulfide) groups is 1. The van der Waals surface area contributed by atoms with E-state index in [1.807, 2.05) is 6.92 Å². The Bertz CT molecular complexity index is 640. The van der Waals surface area contributed by atoms with Gasteiger partial charge in [0.15, 0.2) is 5.17 Å². The van der Waals surface area contributed by atoms with Gasteiger partial charge in [0.05, 0.1) is 6.04 Å². The summed E-state index contributed by atoms with van der Waals surface area (Å²) < 4.78 is 27.0. The maximum atomic E-state index is 15.2. The van der Waals surface area contributed by atoms with Gasteiger partial charge in [0.2, 0.25) is 5.91 Å². The lowest BCUT2D eigenvalue weighted by molar-refractivity contribution is -0.124. The second-order valence-electron chi connectivity index (χ2n) is 6.42. The summed E-state index contributed by atoms with van der Waals surface area (Å²) in [5.74, 6) is -0.609. The highest BCUT2D eigenvalue weighted by atomic mass is 32.2. The largest absolute Gasteiger partial charge is 0.304 e. The number of aliphatic imine (C=N–C) groups is 1. The number of benzene rings is 1. The van der Waals surface area contributed by atoms with Crippen LogP contribution in [0.5, 0.6) is 0 Å². The summed E-state index contributed by atoms with van der Waals surface area (Å²) in [6.07, 6.45) is 2.48. The Labute approximate surface area is 138 Å². The van der Waals surface area contributed by atoms with Crippen LogP contribution in [0.25, 0.3) is 0 Å². The van der Waals surface area contributed by atoms with Gasteiger partial charge < -0.3 is 5.32 Å². The van der Waals surface area contributed by atoms with Gasteiger partial charge in [-0.25, -0.2) is 8.78 Å².